The van der Waals surface area contributed by atoms with Crippen molar-refractivity contribution in [1.82, 2.24) is 24.6 Å². The molecule has 1 aromatic carbocycles. The lowest BCUT2D eigenvalue weighted by Crippen LogP contribution is -2.43. The van der Waals surface area contributed by atoms with Crippen LogP contribution in [0.15, 0.2) is 54.7 Å². The first-order valence-corrected chi connectivity index (χ1v) is 13.7. The first-order chi connectivity index (χ1) is 19.9. The number of hydrogen-bond donors (Lipinski definition) is 2. The summed E-state index contributed by atoms with van der Waals surface area (Å²) in [5.41, 5.74) is 2.60. The van der Waals surface area contributed by atoms with E-state index in [1.807, 2.05) is 28.8 Å². The summed E-state index contributed by atoms with van der Waals surface area (Å²) >= 11 is 6.28. The maximum atomic E-state index is 15.6. The van der Waals surface area contributed by atoms with Gasteiger partial charge in [0.25, 0.3) is 11.8 Å². The minimum absolute atomic E-state index is 0.0329. The van der Waals surface area contributed by atoms with Crippen LogP contribution in [0.1, 0.15) is 46.3 Å². The predicted molar refractivity (Wildman–Crippen MR) is 147 cm³/mol. The monoisotopic (exact) mass is 579 g/mol. The van der Waals surface area contributed by atoms with E-state index in [1.165, 1.54) is 18.2 Å². The first-order valence-electron chi connectivity index (χ1n) is 13.3. The van der Waals surface area contributed by atoms with Gasteiger partial charge in [-0.15, -0.1) is 0 Å². The number of nitrogens with one attached hydrogen (secondary N) is 1. The van der Waals surface area contributed by atoms with Gasteiger partial charge in [-0.25, -0.2) is 14.4 Å². The van der Waals surface area contributed by atoms with Gasteiger partial charge in [-0.1, -0.05) is 17.7 Å². The molecule has 1 fully saturated rings. The van der Waals surface area contributed by atoms with Crippen molar-refractivity contribution in [2.24, 2.45) is 0 Å². The highest BCUT2D eigenvalue weighted by atomic mass is 35.5. The number of aliphatic hydroxyl groups is 1. The van der Waals surface area contributed by atoms with E-state index in [0.717, 1.165) is 18.5 Å². The van der Waals surface area contributed by atoms with Crippen LogP contribution in [0.25, 0.3) is 5.65 Å². The lowest BCUT2D eigenvalue weighted by atomic mass is 9.94. The molecule has 10 nitrogen and oxygen atoms in total. The number of rotatable bonds is 9. The Balaban J connectivity index is 1.27. The molecule has 0 spiro atoms. The number of imidazole rings is 1. The maximum absolute atomic E-state index is 15.6. The van der Waals surface area contributed by atoms with E-state index >= 15 is 4.39 Å². The van der Waals surface area contributed by atoms with Gasteiger partial charge in [-0.3, -0.25) is 9.59 Å². The number of ether oxygens (including phenoxy) is 2. The van der Waals surface area contributed by atoms with E-state index in [-0.39, 0.29) is 66.2 Å². The Bertz CT molecular complexity index is 1620. The van der Waals surface area contributed by atoms with E-state index in [4.69, 9.17) is 31.2 Å². The number of halogens is 2. The number of hydrogen-bond acceptors (Lipinski definition) is 7. The Kier molecular flexibility index (Phi) is 7.46. The number of fused-ring (bicyclic) bond motifs is 3. The average Bonchev–Trinajstić information content (AvgIpc) is 3.71. The Hall–Kier alpha value is -4.22. The van der Waals surface area contributed by atoms with E-state index in [9.17, 15) is 9.59 Å². The van der Waals surface area contributed by atoms with Gasteiger partial charge >= 0.3 is 0 Å². The van der Waals surface area contributed by atoms with Crippen molar-refractivity contribution >= 4 is 29.1 Å². The maximum Gasteiger partial charge on any atom is 0.270 e. The molecular formula is C29H27ClFN5O5. The number of amides is 2. The zero-order chi connectivity index (χ0) is 28.5. The van der Waals surface area contributed by atoms with Crippen LogP contribution in [0, 0.1) is 5.82 Å². The summed E-state index contributed by atoms with van der Waals surface area (Å²) in [6, 6.07) is 12.4. The summed E-state index contributed by atoms with van der Waals surface area (Å²) < 4.78 is 28.6. The summed E-state index contributed by atoms with van der Waals surface area (Å²) in [6.07, 6.45) is 4.21. The quantitative estimate of drug-likeness (QED) is 0.292. The molecule has 2 aliphatic rings. The molecule has 1 aliphatic heterocycles. The lowest BCUT2D eigenvalue weighted by molar-refractivity contribution is -0.135. The van der Waals surface area contributed by atoms with Crippen LogP contribution in [-0.2, 0) is 11.2 Å². The molecule has 0 bridgehead atoms. The molecule has 0 radical (unpaired) electrons. The van der Waals surface area contributed by atoms with E-state index in [0.29, 0.717) is 17.8 Å². The number of carbonyl (C=O) groups excluding carboxylic acids is 2. The largest absolute Gasteiger partial charge is 0.491 e. The summed E-state index contributed by atoms with van der Waals surface area (Å²) in [5.74, 6) is -0.837. The van der Waals surface area contributed by atoms with Crippen molar-refractivity contribution in [3.05, 3.63) is 88.3 Å². The van der Waals surface area contributed by atoms with Gasteiger partial charge in [0.1, 0.15) is 35.6 Å². The van der Waals surface area contributed by atoms with Gasteiger partial charge in [-0.2, -0.15) is 0 Å². The molecule has 3 aromatic heterocycles. The summed E-state index contributed by atoms with van der Waals surface area (Å²) in [7, 11) is 0. The molecule has 0 saturated heterocycles. The van der Waals surface area contributed by atoms with E-state index < -0.39 is 17.8 Å². The van der Waals surface area contributed by atoms with Gasteiger partial charge in [0.15, 0.2) is 17.5 Å². The Morgan fingerprint density at radius 1 is 1.12 bits per heavy atom. The van der Waals surface area contributed by atoms with E-state index in [2.05, 4.69) is 10.3 Å². The second kappa shape index (κ2) is 11.3. The number of nitrogens with zero attached hydrogens (tertiary/aromatic N) is 4. The van der Waals surface area contributed by atoms with Gasteiger partial charge < -0.3 is 29.2 Å². The fourth-order valence-corrected chi connectivity index (χ4v) is 5.18. The molecule has 6 rings (SSSR count). The van der Waals surface area contributed by atoms with E-state index in [1.54, 1.807) is 17.0 Å². The number of aromatic nitrogens is 3. The van der Waals surface area contributed by atoms with Crippen LogP contribution in [0.4, 0.5) is 4.39 Å². The fraction of sp³-hybridized carbons (Fsp3) is 0.310. The Labute approximate surface area is 239 Å². The predicted octanol–water partition coefficient (Wildman–Crippen LogP) is 3.34. The topological polar surface area (TPSA) is 118 Å². The third-order valence-corrected chi connectivity index (χ3v) is 7.33. The number of benzene rings is 1. The van der Waals surface area contributed by atoms with Crippen molar-refractivity contribution in [2.75, 3.05) is 26.4 Å². The molecule has 1 unspecified atom stereocenters. The summed E-state index contributed by atoms with van der Waals surface area (Å²) in [6.45, 7) is -0.254. The molecule has 12 heteroatoms. The highest BCUT2D eigenvalue weighted by molar-refractivity contribution is 6.31. The number of carbonyl (C=O) groups is 2. The minimum atomic E-state index is -0.791. The highest BCUT2D eigenvalue weighted by Gasteiger charge is 2.37. The molecule has 212 valence electrons. The lowest BCUT2D eigenvalue weighted by Gasteiger charge is -2.36. The molecule has 2 amide bonds. The van der Waals surface area contributed by atoms with Crippen LogP contribution >= 0.6 is 11.6 Å². The second-order valence-electron chi connectivity index (χ2n) is 9.89. The van der Waals surface area contributed by atoms with Gasteiger partial charge in [0.2, 0.25) is 0 Å². The molecule has 1 atom stereocenters. The van der Waals surface area contributed by atoms with Gasteiger partial charge in [-0.05, 0) is 49.2 Å². The van der Waals surface area contributed by atoms with Crippen LogP contribution in [0.3, 0.4) is 0 Å². The number of aliphatic hydroxyl groups excluding tert-OH is 1. The highest BCUT2D eigenvalue weighted by Crippen LogP contribution is 2.38. The van der Waals surface area contributed by atoms with Gasteiger partial charge in [0.05, 0.1) is 18.0 Å². The molecule has 41 heavy (non-hydrogen) atoms. The van der Waals surface area contributed by atoms with Crippen molar-refractivity contribution in [1.29, 1.82) is 0 Å². The van der Waals surface area contributed by atoms with Gasteiger partial charge in [0, 0.05) is 36.8 Å². The zero-order valence-electron chi connectivity index (χ0n) is 21.9. The molecule has 4 aromatic rings. The third-order valence-electron chi connectivity index (χ3n) is 7.06. The normalized spacial score (nSPS) is 16.4. The Morgan fingerprint density at radius 3 is 2.73 bits per heavy atom. The van der Waals surface area contributed by atoms with Crippen molar-refractivity contribution in [3.63, 3.8) is 0 Å². The molecule has 4 heterocycles. The molecule has 1 saturated carbocycles. The fourth-order valence-electron chi connectivity index (χ4n) is 4.97. The van der Waals surface area contributed by atoms with Crippen molar-refractivity contribution in [2.45, 2.75) is 31.3 Å². The smallest absolute Gasteiger partial charge is 0.270 e. The molecular weight excluding hydrogens is 553 g/mol. The van der Waals surface area contributed by atoms with Crippen LogP contribution in [-0.4, -0.2) is 68.6 Å². The van der Waals surface area contributed by atoms with Crippen LogP contribution < -0.4 is 14.8 Å². The van der Waals surface area contributed by atoms with Crippen LogP contribution in [0.5, 0.6) is 11.5 Å². The summed E-state index contributed by atoms with van der Waals surface area (Å²) in [4.78, 5) is 36.3. The Morgan fingerprint density at radius 2 is 1.98 bits per heavy atom. The third kappa shape index (κ3) is 5.55. The number of pyridine rings is 2. The second-order valence-corrected chi connectivity index (χ2v) is 10.2. The van der Waals surface area contributed by atoms with Crippen LogP contribution in [0.2, 0.25) is 5.15 Å². The SMILES string of the molecule is O=C(NC1CC1)c1ccc(OCC(=O)N2CCc3nc4ccccn4c3C2c2ccc(OCCO)cc2F)c(Cl)n1. The first kappa shape index (κ1) is 27.0. The zero-order valence-corrected chi connectivity index (χ0v) is 22.7. The standard InChI is InChI=1S/C29H27ClFN5O5/c30-28-23(9-8-22(34-28)29(39)32-17-4-5-17)41-16-25(38)36-12-10-21-27(35-11-2-1-3-24(35)33-21)26(36)19-7-6-18(15-20(19)31)40-14-13-37/h1-3,6-9,11,15,17,26,37H,4-5,10,12-14,16H2,(H,32,39). The van der Waals surface area contributed by atoms with Crippen molar-refractivity contribution < 1.29 is 28.6 Å². The average molecular weight is 580 g/mol. The van der Waals surface area contributed by atoms with Crippen molar-refractivity contribution in [3.8, 4) is 11.5 Å². The summed E-state index contributed by atoms with van der Waals surface area (Å²) in [5, 5.41) is 11.9. The minimum Gasteiger partial charge on any atom is -0.491 e. The molecule has 2 N–H and O–H groups in total. The molecule has 1 aliphatic carbocycles.